The smallest absolute Gasteiger partial charge is 0.336 e. The van der Waals surface area contributed by atoms with E-state index in [1.54, 1.807) is 28.8 Å². The van der Waals surface area contributed by atoms with Gasteiger partial charge in [-0.3, -0.25) is 9.69 Å². The van der Waals surface area contributed by atoms with Gasteiger partial charge in [0.1, 0.15) is 23.3 Å². The van der Waals surface area contributed by atoms with E-state index < -0.39 is 0 Å². The average molecular weight is 387 g/mol. The second kappa shape index (κ2) is 7.05. The third-order valence-corrected chi connectivity index (χ3v) is 6.04. The predicted molar refractivity (Wildman–Crippen MR) is 104 cm³/mol. The van der Waals surface area contributed by atoms with Crippen molar-refractivity contribution < 1.29 is 18.7 Å². The fourth-order valence-electron chi connectivity index (χ4n) is 3.28. The minimum Gasteiger partial charge on any atom is -0.489 e. The number of β-lactam (4-membered cyclic amide) rings is 1. The summed E-state index contributed by atoms with van der Waals surface area (Å²) in [5, 5.41) is 0.898. The Morgan fingerprint density at radius 3 is 2.81 bits per heavy atom. The van der Waals surface area contributed by atoms with Crippen LogP contribution in [0.4, 0.5) is 0 Å². The molecule has 1 aromatic carbocycles. The van der Waals surface area contributed by atoms with Crippen LogP contribution in [0.5, 0.6) is 5.75 Å². The van der Waals surface area contributed by atoms with E-state index in [4.69, 9.17) is 13.9 Å². The van der Waals surface area contributed by atoms with Gasteiger partial charge in [-0.25, -0.2) is 4.79 Å². The molecular formula is C20H21NO5S. The van der Waals surface area contributed by atoms with Crippen LogP contribution in [0.15, 0.2) is 50.8 Å². The number of rotatable bonds is 5. The number of amides is 1. The van der Waals surface area contributed by atoms with E-state index in [0.717, 1.165) is 22.4 Å². The number of nitrogens with zero attached hydrogens (tertiary/aromatic N) is 1. The fourth-order valence-corrected chi connectivity index (χ4v) is 4.71. The summed E-state index contributed by atoms with van der Waals surface area (Å²) in [5.41, 5.74) is 2.12. The maximum absolute atomic E-state index is 12.4. The highest BCUT2D eigenvalue weighted by Gasteiger charge is 2.52. The van der Waals surface area contributed by atoms with Crippen LogP contribution in [0.25, 0.3) is 11.0 Å². The molecule has 2 atom stereocenters. The molecule has 142 valence electrons. The van der Waals surface area contributed by atoms with Crippen molar-refractivity contribution in [2.24, 2.45) is 0 Å². The largest absolute Gasteiger partial charge is 0.489 e. The van der Waals surface area contributed by atoms with Gasteiger partial charge in [-0.2, -0.15) is 0 Å². The number of allylic oxidation sites excluding steroid dienone is 1. The molecule has 0 radical (unpaired) electrons. The molecule has 0 aliphatic carbocycles. The van der Waals surface area contributed by atoms with Crippen molar-refractivity contribution in [3.05, 3.63) is 52.0 Å². The molecule has 0 unspecified atom stereocenters. The molecule has 27 heavy (non-hydrogen) atoms. The highest BCUT2D eigenvalue weighted by atomic mass is 32.2. The third kappa shape index (κ3) is 3.37. The van der Waals surface area contributed by atoms with Gasteiger partial charge in [-0.15, -0.1) is 11.8 Å². The maximum atomic E-state index is 12.4. The number of benzene rings is 1. The normalized spacial score (nSPS) is 22.2. The lowest BCUT2D eigenvalue weighted by Crippen LogP contribution is -2.65. The van der Waals surface area contributed by atoms with Crippen LogP contribution in [0.1, 0.15) is 20.8 Å². The monoisotopic (exact) mass is 387 g/mol. The minimum atomic E-state index is -0.387. The Hall–Kier alpha value is -2.25. The second-order valence-electron chi connectivity index (χ2n) is 6.95. The summed E-state index contributed by atoms with van der Waals surface area (Å²) in [6, 6.07) is 8.53. The van der Waals surface area contributed by atoms with Gasteiger partial charge < -0.3 is 13.9 Å². The molecule has 7 heteroatoms. The third-order valence-electron chi connectivity index (χ3n) is 4.72. The molecule has 1 amide bonds. The Morgan fingerprint density at radius 2 is 2.04 bits per heavy atom. The second-order valence-corrected chi connectivity index (χ2v) is 8.05. The molecule has 1 saturated heterocycles. The van der Waals surface area contributed by atoms with Gasteiger partial charge >= 0.3 is 5.63 Å². The Balaban J connectivity index is 1.47. The summed E-state index contributed by atoms with van der Waals surface area (Å²) in [4.78, 5) is 25.6. The Morgan fingerprint density at radius 1 is 1.26 bits per heavy atom. The summed E-state index contributed by atoms with van der Waals surface area (Å²) < 4.78 is 16.8. The Labute approximate surface area is 161 Å². The molecule has 0 saturated carbocycles. The Kier molecular flexibility index (Phi) is 4.74. The zero-order valence-electron chi connectivity index (χ0n) is 15.4. The first-order valence-corrected chi connectivity index (χ1v) is 9.94. The van der Waals surface area contributed by atoms with E-state index in [-0.39, 0.29) is 29.1 Å². The van der Waals surface area contributed by atoms with Crippen LogP contribution in [0, 0.1) is 0 Å². The summed E-state index contributed by atoms with van der Waals surface area (Å²) in [5.74, 6) is 1.43. The van der Waals surface area contributed by atoms with Crippen LogP contribution < -0.4 is 10.4 Å². The van der Waals surface area contributed by atoms with E-state index >= 15 is 0 Å². The van der Waals surface area contributed by atoms with Gasteiger partial charge in [0.2, 0.25) is 0 Å². The van der Waals surface area contributed by atoms with Crippen LogP contribution in [-0.4, -0.2) is 40.7 Å². The molecule has 1 aromatic heterocycles. The minimum absolute atomic E-state index is 0.0170. The first-order chi connectivity index (χ1) is 12.9. The van der Waals surface area contributed by atoms with Gasteiger partial charge in [-0.1, -0.05) is 0 Å². The van der Waals surface area contributed by atoms with Crippen LogP contribution in [0.2, 0.25) is 0 Å². The molecule has 2 aliphatic heterocycles. The van der Waals surface area contributed by atoms with E-state index in [1.807, 2.05) is 32.9 Å². The van der Waals surface area contributed by atoms with Gasteiger partial charge in [0.25, 0.3) is 5.91 Å². The number of hydrogen-bond acceptors (Lipinski definition) is 6. The van der Waals surface area contributed by atoms with Gasteiger partial charge in [0.05, 0.1) is 6.10 Å². The molecule has 0 N–H and O–H groups in total. The average Bonchev–Trinajstić information content (AvgIpc) is 2.64. The maximum Gasteiger partial charge on any atom is 0.336 e. The van der Waals surface area contributed by atoms with E-state index in [9.17, 15) is 9.59 Å². The highest BCUT2D eigenvalue weighted by molar-refractivity contribution is 8.00. The Bertz CT molecular complexity index is 980. The van der Waals surface area contributed by atoms with Crippen molar-refractivity contribution in [2.45, 2.75) is 38.4 Å². The summed E-state index contributed by atoms with van der Waals surface area (Å²) in [6.07, 6.45) is -0.320. The molecule has 2 aromatic rings. The summed E-state index contributed by atoms with van der Waals surface area (Å²) in [7, 11) is 0. The lowest BCUT2D eigenvalue weighted by atomic mass is 10.1. The van der Waals surface area contributed by atoms with Gasteiger partial charge in [0, 0.05) is 29.0 Å². The quantitative estimate of drug-likeness (QED) is 0.580. The van der Waals surface area contributed by atoms with Gasteiger partial charge in [-0.05, 0) is 44.5 Å². The fraction of sp³-hybridized carbons (Fsp3) is 0.400. The van der Waals surface area contributed by atoms with Crippen molar-refractivity contribution in [3.63, 3.8) is 0 Å². The molecule has 2 aliphatic rings. The van der Waals surface area contributed by atoms with Crippen molar-refractivity contribution in [2.75, 3.05) is 12.4 Å². The number of hydrogen-bond donors (Lipinski definition) is 0. The molecular weight excluding hydrogens is 366 g/mol. The summed E-state index contributed by atoms with van der Waals surface area (Å²) in [6.45, 7) is 6.22. The van der Waals surface area contributed by atoms with Crippen molar-refractivity contribution in [1.29, 1.82) is 0 Å². The van der Waals surface area contributed by atoms with Gasteiger partial charge in [0.15, 0.2) is 6.10 Å². The molecule has 0 bridgehead atoms. The summed E-state index contributed by atoms with van der Waals surface area (Å²) >= 11 is 1.70. The lowest BCUT2D eigenvalue weighted by molar-refractivity contribution is -0.166. The number of carbonyl (C=O) groups is 1. The lowest BCUT2D eigenvalue weighted by Gasteiger charge is -2.50. The standard InChI is InChI=1S/C20H21NO5S/c1-11(2)25-18-19(23)21-12(3)14(10-27-20(18)21)9-24-15-6-4-13-5-7-17(22)26-16(13)8-15/h4-8,11,18,20H,9-10H2,1-3H3/t18-,20+/m0/s1. The number of fused-ring (bicyclic) bond motifs is 2. The zero-order valence-corrected chi connectivity index (χ0v) is 16.2. The van der Waals surface area contributed by atoms with Crippen LogP contribution in [-0.2, 0) is 9.53 Å². The zero-order chi connectivity index (χ0) is 19.1. The van der Waals surface area contributed by atoms with Crippen molar-refractivity contribution in [1.82, 2.24) is 4.90 Å². The first kappa shape index (κ1) is 18.1. The van der Waals surface area contributed by atoms with Crippen LogP contribution in [0.3, 0.4) is 0 Å². The number of thioether (sulfide) groups is 1. The molecule has 3 heterocycles. The number of carbonyl (C=O) groups excluding carboxylic acids is 1. The molecule has 0 spiro atoms. The van der Waals surface area contributed by atoms with E-state index in [2.05, 4.69) is 0 Å². The van der Waals surface area contributed by atoms with E-state index in [0.29, 0.717) is 17.9 Å². The number of ether oxygens (including phenoxy) is 2. The SMILES string of the molecule is CC1=C(COc2ccc3ccc(=O)oc3c2)CS[C@@H]2[C@@H](OC(C)C)C(=O)N12. The predicted octanol–water partition coefficient (Wildman–Crippen LogP) is 3.15. The first-order valence-electron chi connectivity index (χ1n) is 8.89. The highest BCUT2D eigenvalue weighted by Crippen LogP contribution is 2.41. The molecule has 4 rings (SSSR count). The topological polar surface area (TPSA) is 69.0 Å². The van der Waals surface area contributed by atoms with E-state index in [1.165, 1.54) is 6.07 Å². The van der Waals surface area contributed by atoms with Crippen LogP contribution >= 0.6 is 11.8 Å². The van der Waals surface area contributed by atoms with Crippen molar-refractivity contribution >= 4 is 28.6 Å². The molecule has 1 fully saturated rings. The van der Waals surface area contributed by atoms with Crippen molar-refractivity contribution in [3.8, 4) is 5.75 Å². The molecule has 6 nitrogen and oxygen atoms in total.